The highest BCUT2D eigenvalue weighted by Gasteiger charge is 2.50. The molecule has 0 heterocycles. The van der Waals surface area contributed by atoms with E-state index >= 15 is 0 Å². The average Bonchev–Trinajstić information content (AvgIpc) is 2.21. The Bertz CT molecular complexity index is 277. The molecule has 1 amide bonds. The van der Waals surface area contributed by atoms with Gasteiger partial charge >= 0.3 is 5.97 Å². The Labute approximate surface area is 107 Å². The fourth-order valence-corrected chi connectivity index (χ4v) is 2.48. The van der Waals surface area contributed by atoms with Gasteiger partial charge in [-0.2, -0.15) is 11.8 Å². The minimum atomic E-state index is -1.11. The van der Waals surface area contributed by atoms with Crippen molar-refractivity contribution in [3.63, 3.8) is 0 Å². The van der Waals surface area contributed by atoms with Crippen LogP contribution in [0.5, 0.6) is 0 Å². The molecule has 0 aliphatic heterocycles. The molecule has 1 fully saturated rings. The molecule has 98 valence electrons. The second kappa shape index (κ2) is 6.89. The van der Waals surface area contributed by atoms with Gasteiger partial charge in [0.25, 0.3) is 0 Å². The lowest BCUT2D eigenvalue weighted by atomic mass is 9.68. The lowest BCUT2D eigenvalue weighted by molar-refractivity contribution is -0.162. The van der Waals surface area contributed by atoms with Crippen LogP contribution in [0.25, 0.3) is 0 Å². The van der Waals surface area contributed by atoms with E-state index in [1.807, 2.05) is 11.8 Å². The monoisotopic (exact) mass is 259 g/mol. The summed E-state index contributed by atoms with van der Waals surface area (Å²) < 4.78 is 0. The van der Waals surface area contributed by atoms with E-state index in [0.29, 0.717) is 19.4 Å². The predicted octanol–water partition coefficient (Wildman–Crippen LogP) is 1.89. The summed E-state index contributed by atoms with van der Waals surface area (Å²) in [5, 5.41) is 11.8. The van der Waals surface area contributed by atoms with Crippen LogP contribution in [0.3, 0.4) is 0 Å². The maximum atomic E-state index is 11.8. The largest absolute Gasteiger partial charge is 0.480 e. The number of aliphatic carboxylic acids is 1. The van der Waals surface area contributed by atoms with Gasteiger partial charge in [-0.15, -0.1) is 0 Å². The number of rotatable bonds is 8. The van der Waals surface area contributed by atoms with E-state index in [0.717, 1.165) is 31.4 Å². The van der Waals surface area contributed by atoms with Crippen LogP contribution in [-0.4, -0.2) is 35.5 Å². The van der Waals surface area contributed by atoms with Crippen LogP contribution in [0.4, 0.5) is 0 Å². The van der Waals surface area contributed by atoms with Gasteiger partial charge in [0.2, 0.25) is 5.91 Å². The van der Waals surface area contributed by atoms with Crippen molar-refractivity contribution >= 4 is 23.6 Å². The van der Waals surface area contributed by atoms with Gasteiger partial charge in [0, 0.05) is 6.54 Å². The lowest BCUT2D eigenvalue weighted by Crippen LogP contribution is -2.51. The first-order valence-corrected chi connectivity index (χ1v) is 7.53. The Morgan fingerprint density at radius 3 is 2.47 bits per heavy atom. The van der Waals surface area contributed by atoms with Gasteiger partial charge in [-0.25, -0.2) is 0 Å². The topological polar surface area (TPSA) is 66.4 Å². The number of hydrogen-bond acceptors (Lipinski definition) is 3. The molecule has 1 aliphatic rings. The van der Waals surface area contributed by atoms with Crippen molar-refractivity contribution in [2.45, 2.75) is 38.5 Å². The first kappa shape index (κ1) is 14.4. The van der Waals surface area contributed by atoms with Crippen molar-refractivity contribution < 1.29 is 14.7 Å². The molecule has 0 radical (unpaired) electrons. The number of amides is 1. The average molecular weight is 259 g/mol. The van der Waals surface area contributed by atoms with Crippen molar-refractivity contribution in [1.29, 1.82) is 0 Å². The number of hydrogen-bond donors (Lipinski definition) is 2. The van der Waals surface area contributed by atoms with E-state index in [1.54, 1.807) is 0 Å². The number of carboxylic acid groups (broad SMARTS) is 1. The number of carbonyl (C=O) groups excluding carboxylic acids is 1. The SMILES string of the molecule is CSCCCCCNC(=O)C1(C(=O)O)CCC1. The summed E-state index contributed by atoms with van der Waals surface area (Å²) in [6, 6.07) is 0. The van der Waals surface area contributed by atoms with Gasteiger partial charge in [-0.05, 0) is 37.7 Å². The van der Waals surface area contributed by atoms with Crippen molar-refractivity contribution in [2.24, 2.45) is 5.41 Å². The predicted molar refractivity (Wildman–Crippen MR) is 69.2 cm³/mol. The Balaban J connectivity index is 2.18. The molecule has 0 saturated heterocycles. The molecule has 1 aliphatic carbocycles. The molecule has 1 saturated carbocycles. The van der Waals surface area contributed by atoms with Crippen LogP contribution in [-0.2, 0) is 9.59 Å². The molecule has 5 heteroatoms. The van der Waals surface area contributed by atoms with Gasteiger partial charge < -0.3 is 10.4 Å². The Morgan fingerprint density at radius 1 is 1.29 bits per heavy atom. The van der Waals surface area contributed by atoms with Crippen LogP contribution >= 0.6 is 11.8 Å². The van der Waals surface area contributed by atoms with E-state index in [-0.39, 0.29) is 5.91 Å². The third-order valence-electron chi connectivity index (χ3n) is 3.36. The van der Waals surface area contributed by atoms with E-state index in [4.69, 9.17) is 5.11 Å². The number of carboxylic acids is 1. The molecule has 4 nitrogen and oxygen atoms in total. The molecule has 0 atom stereocenters. The van der Waals surface area contributed by atoms with Crippen molar-refractivity contribution in [2.75, 3.05) is 18.6 Å². The van der Waals surface area contributed by atoms with E-state index in [1.165, 1.54) is 0 Å². The molecule has 0 aromatic rings. The smallest absolute Gasteiger partial charge is 0.319 e. The summed E-state index contributed by atoms with van der Waals surface area (Å²) in [6.07, 6.45) is 7.06. The summed E-state index contributed by atoms with van der Waals surface area (Å²) in [6.45, 7) is 0.599. The third kappa shape index (κ3) is 3.63. The van der Waals surface area contributed by atoms with Gasteiger partial charge in [0.15, 0.2) is 0 Å². The summed E-state index contributed by atoms with van der Waals surface area (Å²) in [7, 11) is 0. The van der Waals surface area contributed by atoms with Crippen LogP contribution in [0.15, 0.2) is 0 Å². The van der Waals surface area contributed by atoms with Crippen LogP contribution in [0, 0.1) is 5.41 Å². The fraction of sp³-hybridized carbons (Fsp3) is 0.833. The molecule has 0 spiro atoms. The molecule has 2 N–H and O–H groups in total. The number of carbonyl (C=O) groups is 2. The summed E-state index contributed by atoms with van der Waals surface area (Å²) >= 11 is 1.82. The maximum absolute atomic E-state index is 11.8. The van der Waals surface area contributed by atoms with E-state index in [2.05, 4.69) is 11.6 Å². The Morgan fingerprint density at radius 2 is 2.00 bits per heavy atom. The molecule has 0 unspecified atom stereocenters. The highest BCUT2D eigenvalue weighted by Crippen LogP contribution is 2.41. The number of unbranched alkanes of at least 4 members (excludes halogenated alkanes) is 2. The normalized spacial score (nSPS) is 17.2. The quantitative estimate of drug-likeness (QED) is 0.516. The van der Waals surface area contributed by atoms with Crippen LogP contribution < -0.4 is 5.32 Å². The molecular weight excluding hydrogens is 238 g/mol. The van der Waals surface area contributed by atoms with Crippen molar-refractivity contribution in [1.82, 2.24) is 5.32 Å². The third-order valence-corrected chi connectivity index (χ3v) is 4.06. The minimum Gasteiger partial charge on any atom is -0.480 e. The highest BCUT2D eigenvalue weighted by atomic mass is 32.2. The van der Waals surface area contributed by atoms with Crippen LogP contribution in [0.1, 0.15) is 38.5 Å². The first-order valence-electron chi connectivity index (χ1n) is 6.14. The van der Waals surface area contributed by atoms with Gasteiger partial charge in [0.1, 0.15) is 5.41 Å². The molecule has 0 aromatic carbocycles. The van der Waals surface area contributed by atoms with E-state index < -0.39 is 11.4 Å². The molecule has 0 bridgehead atoms. The molecule has 17 heavy (non-hydrogen) atoms. The van der Waals surface area contributed by atoms with Gasteiger partial charge in [-0.3, -0.25) is 9.59 Å². The van der Waals surface area contributed by atoms with Crippen molar-refractivity contribution in [3.8, 4) is 0 Å². The number of nitrogens with one attached hydrogen (secondary N) is 1. The summed E-state index contributed by atoms with van der Waals surface area (Å²) in [4.78, 5) is 22.8. The minimum absolute atomic E-state index is 0.291. The molecule has 1 rings (SSSR count). The standard InChI is InChI=1S/C12H21NO3S/c1-17-9-4-2-3-8-13-10(14)12(11(15)16)6-5-7-12/h2-9H2,1H3,(H,13,14)(H,15,16). The van der Waals surface area contributed by atoms with E-state index in [9.17, 15) is 9.59 Å². The van der Waals surface area contributed by atoms with Crippen molar-refractivity contribution in [3.05, 3.63) is 0 Å². The summed E-state index contributed by atoms with van der Waals surface area (Å²) in [5.74, 6) is -0.114. The Kier molecular flexibility index (Phi) is 5.82. The second-order valence-corrected chi connectivity index (χ2v) is 5.54. The maximum Gasteiger partial charge on any atom is 0.319 e. The zero-order valence-electron chi connectivity index (χ0n) is 10.3. The number of thioether (sulfide) groups is 1. The first-order chi connectivity index (χ1) is 8.13. The zero-order chi connectivity index (χ0) is 12.7. The Hall–Kier alpha value is -0.710. The highest BCUT2D eigenvalue weighted by molar-refractivity contribution is 7.98. The molecular formula is C12H21NO3S. The second-order valence-electron chi connectivity index (χ2n) is 4.55. The van der Waals surface area contributed by atoms with Gasteiger partial charge in [0.05, 0.1) is 0 Å². The summed E-state index contributed by atoms with van der Waals surface area (Å²) in [5.41, 5.74) is -1.11. The fourth-order valence-electron chi connectivity index (χ4n) is 1.99. The van der Waals surface area contributed by atoms with Gasteiger partial charge in [-0.1, -0.05) is 12.8 Å². The lowest BCUT2D eigenvalue weighted by Gasteiger charge is -2.35. The zero-order valence-corrected chi connectivity index (χ0v) is 11.1. The van der Waals surface area contributed by atoms with Crippen LogP contribution in [0.2, 0.25) is 0 Å². The molecule has 0 aromatic heterocycles.